The number of fused-ring (bicyclic) bond motifs is 5. The highest BCUT2D eigenvalue weighted by Crippen LogP contribution is 2.46. The number of hydrogen-bond donors (Lipinski definition) is 1. The largest absolute Gasteiger partial charge is 0.339 e. The van der Waals surface area contributed by atoms with E-state index in [9.17, 15) is 0 Å². The average Bonchev–Trinajstić information content (AvgIpc) is 3.51. The number of alkyl halides is 1. The maximum atomic E-state index is 15.6. The van der Waals surface area contributed by atoms with Crippen molar-refractivity contribution in [3.63, 3.8) is 0 Å². The van der Waals surface area contributed by atoms with Crippen LogP contribution in [0.1, 0.15) is 42.7 Å². The van der Waals surface area contributed by atoms with Crippen molar-refractivity contribution in [1.29, 1.82) is 0 Å². The zero-order valence-electron chi connectivity index (χ0n) is 21.1. The number of nitrogens with zero attached hydrogens (tertiary/aromatic N) is 6. The van der Waals surface area contributed by atoms with E-state index >= 15 is 4.39 Å². The van der Waals surface area contributed by atoms with E-state index in [1.165, 1.54) is 22.4 Å². The normalized spacial score (nSPS) is 20.8. The van der Waals surface area contributed by atoms with E-state index in [1.54, 1.807) is 0 Å². The smallest absolute Gasteiger partial charge is 0.179 e. The van der Waals surface area contributed by atoms with E-state index in [4.69, 9.17) is 0 Å². The second-order valence-electron chi connectivity index (χ2n) is 10.5. The molecule has 6 rings (SSSR count). The maximum Gasteiger partial charge on any atom is 0.179 e. The van der Waals surface area contributed by atoms with Gasteiger partial charge in [-0.05, 0) is 54.6 Å². The van der Waals surface area contributed by atoms with Crippen molar-refractivity contribution in [1.82, 2.24) is 35.0 Å². The van der Waals surface area contributed by atoms with Gasteiger partial charge in [0.05, 0.1) is 5.69 Å². The number of aromatic amines is 1. The van der Waals surface area contributed by atoms with Gasteiger partial charge in [-0.2, -0.15) is 0 Å². The molecule has 1 saturated carbocycles. The summed E-state index contributed by atoms with van der Waals surface area (Å²) in [7, 11) is 4.25. The van der Waals surface area contributed by atoms with Gasteiger partial charge in [-0.1, -0.05) is 49.2 Å². The molecule has 1 aliphatic heterocycles. The Morgan fingerprint density at radius 2 is 1.94 bits per heavy atom. The van der Waals surface area contributed by atoms with Gasteiger partial charge in [-0.3, -0.25) is 4.90 Å². The van der Waals surface area contributed by atoms with E-state index in [0.29, 0.717) is 12.2 Å². The Morgan fingerprint density at radius 3 is 2.75 bits per heavy atom. The molecule has 188 valence electrons. The number of tetrazole rings is 1. The van der Waals surface area contributed by atoms with E-state index < -0.39 is 6.17 Å². The monoisotopic (exact) mass is 487 g/mol. The maximum absolute atomic E-state index is 15.6. The van der Waals surface area contributed by atoms with E-state index in [2.05, 4.69) is 91.6 Å². The number of likely N-dealkylation sites (N-methyl/N-ethyl adjacent to an activating group) is 1. The molecule has 3 heterocycles. The van der Waals surface area contributed by atoms with Crippen LogP contribution in [0.2, 0.25) is 0 Å². The van der Waals surface area contributed by atoms with Crippen LogP contribution in [0.5, 0.6) is 0 Å². The van der Waals surface area contributed by atoms with Crippen LogP contribution in [-0.4, -0.2) is 74.9 Å². The van der Waals surface area contributed by atoms with Gasteiger partial charge in [0.1, 0.15) is 6.17 Å². The molecule has 2 aromatic carbocycles. The van der Waals surface area contributed by atoms with Gasteiger partial charge in [0, 0.05) is 60.7 Å². The van der Waals surface area contributed by atoms with Gasteiger partial charge in [0.25, 0.3) is 0 Å². The third-order valence-corrected chi connectivity index (χ3v) is 7.94. The second-order valence-corrected chi connectivity index (χ2v) is 10.5. The third kappa shape index (κ3) is 4.22. The first-order valence-electron chi connectivity index (χ1n) is 13.1. The highest BCUT2D eigenvalue weighted by Gasteiger charge is 2.34. The lowest BCUT2D eigenvalue weighted by Gasteiger charge is -2.31. The molecular weight excluding hydrogens is 453 g/mol. The summed E-state index contributed by atoms with van der Waals surface area (Å²) in [5, 5.41) is 15.7. The lowest BCUT2D eigenvalue weighted by atomic mass is 9.80. The van der Waals surface area contributed by atoms with Crippen molar-refractivity contribution in [3.05, 3.63) is 53.6 Å². The number of halogens is 1. The Hall–Kier alpha value is -3.10. The SMILES string of the molecule is CN(C)CCN1CCn2c(c([C@H]3CCCC[C@@H]3F)c3ccc(-c4nnn[nH]4)cc32)-c2ccccc2C1. The summed E-state index contributed by atoms with van der Waals surface area (Å²) in [6.45, 7) is 4.73. The molecule has 0 radical (unpaired) electrons. The number of aromatic nitrogens is 5. The lowest BCUT2D eigenvalue weighted by Crippen LogP contribution is -2.35. The summed E-state index contributed by atoms with van der Waals surface area (Å²) >= 11 is 0. The first kappa shape index (κ1) is 23.3. The molecule has 2 aliphatic rings. The van der Waals surface area contributed by atoms with E-state index in [1.807, 2.05) is 0 Å². The van der Waals surface area contributed by atoms with Crippen LogP contribution < -0.4 is 0 Å². The van der Waals surface area contributed by atoms with Crippen molar-refractivity contribution in [2.24, 2.45) is 0 Å². The molecule has 0 spiro atoms. The van der Waals surface area contributed by atoms with Crippen molar-refractivity contribution >= 4 is 10.9 Å². The first-order valence-corrected chi connectivity index (χ1v) is 13.1. The van der Waals surface area contributed by atoms with Gasteiger partial charge in [0.15, 0.2) is 5.82 Å². The Kier molecular flexibility index (Phi) is 6.31. The van der Waals surface area contributed by atoms with Crippen LogP contribution in [0, 0.1) is 0 Å². The molecule has 0 amide bonds. The summed E-state index contributed by atoms with van der Waals surface area (Å²) in [6, 6.07) is 15.1. The number of nitrogens with one attached hydrogen (secondary N) is 1. The topological polar surface area (TPSA) is 65.9 Å². The van der Waals surface area contributed by atoms with E-state index in [0.717, 1.165) is 68.5 Å². The fraction of sp³-hybridized carbons (Fsp3) is 0.464. The standard InChI is InChI=1S/C28H34FN7/c1-34(2)13-14-35-15-16-36-25-17-19(28-30-32-33-31-28)11-12-23(25)26(22-9-5-6-10-24(22)29)27(36)21-8-4-3-7-20(21)18-35/h3-4,7-8,11-12,17,22,24H,5-6,9-10,13-16,18H2,1-2H3,(H,30,31,32,33)/t22-,24-/m0/s1. The quantitative estimate of drug-likeness (QED) is 0.436. The Bertz CT molecular complexity index is 1340. The van der Waals surface area contributed by atoms with Crippen LogP contribution in [0.4, 0.5) is 4.39 Å². The van der Waals surface area contributed by atoms with Crippen LogP contribution in [0.15, 0.2) is 42.5 Å². The molecular formula is C28H34FN7. The number of H-pyrrole nitrogens is 1. The van der Waals surface area contributed by atoms with Crippen LogP contribution >= 0.6 is 0 Å². The average molecular weight is 488 g/mol. The molecule has 7 nitrogen and oxygen atoms in total. The zero-order valence-corrected chi connectivity index (χ0v) is 21.1. The summed E-state index contributed by atoms with van der Waals surface area (Å²) in [5.41, 5.74) is 7.02. The molecule has 8 heteroatoms. The zero-order chi connectivity index (χ0) is 24.6. The summed E-state index contributed by atoms with van der Waals surface area (Å²) in [6.07, 6.45) is 2.81. The van der Waals surface area contributed by atoms with Crippen LogP contribution in [-0.2, 0) is 13.1 Å². The number of hydrogen-bond acceptors (Lipinski definition) is 5. The molecule has 1 fully saturated rings. The van der Waals surface area contributed by atoms with Crippen LogP contribution in [0.25, 0.3) is 33.5 Å². The Labute approximate surface area is 211 Å². The molecule has 2 aromatic heterocycles. The first-order chi connectivity index (χ1) is 17.6. The van der Waals surface area contributed by atoms with Crippen molar-refractivity contribution in [2.75, 3.05) is 33.7 Å². The van der Waals surface area contributed by atoms with Gasteiger partial charge in [-0.25, -0.2) is 9.49 Å². The van der Waals surface area contributed by atoms with Gasteiger partial charge in [-0.15, -0.1) is 5.10 Å². The predicted octanol–water partition coefficient (Wildman–Crippen LogP) is 4.86. The molecule has 0 unspecified atom stereocenters. The molecule has 4 aromatic rings. The summed E-state index contributed by atoms with van der Waals surface area (Å²) < 4.78 is 18.0. The third-order valence-electron chi connectivity index (χ3n) is 7.94. The lowest BCUT2D eigenvalue weighted by molar-refractivity contribution is 0.216. The van der Waals surface area contributed by atoms with Crippen molar-refractivity contribution < 1.29 is 4.39 Å². The van der Waals surface area contributed by atoms with Gasteiger partial charge < -0.3 is 9.47 Å². The summed E-state index contributed by atoms with van der Waals surface area (Å²) in [5.74, 6) is 0.571. The molecule has 0 saturated heterocycles. The Morgan fingerprint density at radius 1 is 1.08 bits per heavy atom. The molecule has 0 bridgehead atoms. The highest BCUT2D eigenvalue weighted by molar-refractivity contribution is 5.95. The second kappa shape index (κ2) is 9.75. The molecule has 1 N–H and O–H groups in total. The molecule has 1 aliphatic carbocycles. The highest BCUT2D eigenvalue weighted by atomic mass is 19.1. The molecule has 2 atom stereocenters. The van der Waals surface area contributed by atoms with Crippen LogP contribution in [0.3, 0.4) is 0 Å². The fourth-order valence-electron chi connectivity index (χ4n) is 6.10. The summed E-state index contributed by atoms with van der Waals surface area (Å²) in [4.78, 5) is 4.78. The fourth-order valence-corrected chi connectivity index (χ4v) is 6.10. The minimum Gasteiger partial charge on any atom is -0.339 e. The van der Waals surface area contributed by atoms with E-state index in [-0.39, 0.29) is 5.92 Å². The Balaban J connectivity index is 1.57. The number of rotatable bonds is 5. The minimum absolute atomic E-state index is 0.0763. The van der Waals surface area contributed by atoms with Crippen molar-refractivity contribution in [3.8, 4) is 22.6 Å². The van der Waals surface area contributed by atoms with Crippen molar-refractivity contribution in [2.45, 2.75) is 50.9 Å². The van der Waals surface area contributed by atoms with Gasteiger partial charge >= 0.3 is 0 Å². The minimum atomic E-state index is -0.804. The number of benzene rings is 2. The molecule has 36 heavy (non-hydrogen) atoms. The predicted molar refractivity (Wildman–Crippen MR) is 140 cm³/mol. The van der Waals surface area contributed by atoms with Gasteiger partial charge in [0.2, 0.25) is 0 Å².